The van der Waals surface area contributed by atoms with Crippen molar-refractivity contribution >= 4 is 5.52 Å². The number of fused-ring (bicyclic) bond motifs is 1. The number of pyridine rings is 2. The Hall–Kier alpha value is -2.40. The minimum atomic E-state index is -0.275. The molecule has 3 aromatic heterocycles. The molecule has 0 spiro atoms. The fraction of sp³-hybridized carbons (Fsp3) is 0.200. The van der Waals surface area contributed by atoms with E-state index >= 15 is 0 Å². The van der Waals surface area contributed by atoms with E-state index in [2.05, 4.69) is 10.1 Å². The molecule has 2 N–H and O–H groups in total. The van der Waals surface area contributed by atoms with Crippen LogP contribution < -0.4 is 10.5 Å². The van der Waals surface area contributed by atoms with Crippen LogP contribution in [0.5, 0.6) is 5.75 Å². The van der Waals surface area contributed by atoms with Gasteiger partial charge in [0.05, 0.1) is 30.6 Å². The first-order valence-corrected chi connectivity index (χ1v) is 6.55. The van der Waals surface area contributed by atoms with Gasteiger partial charge >= 0.3 is 0 Å². The summed E-state index contributed by atoms with van der Waals surface area (Å²) in [5.41, 5.74) is 9.23. The number of nitrogens with zero attached hydrogens (tertiary/aromatic N) is 3. The zero-order valence-corrected chi connectivity index (χ0v) is 11.2. The van der Waals surface area contributed by atoms with Gasteiger partial charge in [0, 0.05) is 18.0 Å². The van der Waals surface area contributed by atoms with Crippen molar-refractivity contribution in [1.29, 1.82) is 0 Å². The second kappa shape index (κ2) is 5.30. The molecule has 5 nitrogen and oxygen atoms in total. The third-order valence-corrected chi connectivity index (χ3v) is 3.20. The smallest absolute Gasteiger partial charge is 0.137 e. The van der Waals surface area contributed by atoms with Gasteiger partial charge < -0.3 is 10.5 Å². The van der Waals surface area contributed by atoms with E-state index in [1.54, 1.807) is 18.6 Å². The van der Waals surface area contributed by atoms with Crippen LogP contribution in [0.15, 0.2) is 49.1 Å². The normalized spacial score (nSPS) is 12.5. The fourth-order valence-corrected chi connectivity index (χ4v) is 2.22. The first kappa shape index (κ1) is 12.6. The van der Waals surface area contributed by atoms with E-state index in [0.29, 0.717) is 6.61 Å². The predicted octanol–water partition coefficient (Wildman–Crippen LogP) is 2.18. The predicted molar refractivity (Wildman–Crippen MR) is 76.6 cm³/mol. The van der Waals surface area contributed by atoms with Gasteiger partial charge in [-0.1, -0.05) is 6.07 Å². The summed E-state index contributed by atoms with van der Waals surface area (Å²) in [4.78, 5) is 4.18. The van der Waals surface area contributed by atoms with Crippen molar-refractivity contribution in [2.45, 2.75) is 13.0 Å². The molecule has 0 aromatic carbocycles. The van der Waals surface area contributed by atoms with Crippen LogP contribution in [0.3, 0.4) is 0 Å². The molecule has 102 valence electrons. The van der Waals surface area contributed by atoms with E-state index in [0.717, 1.165) is 22.4 Å². The summed E-state index contributed by atoms with van der Waals surface area (Å²) in [5, 5.41) is 4.31. The molecule has 3 aromatic rings. The molecule has 0 aliphatic heterocycles. The maximum Gasteiger partial charge on any atom is 0.137 e. The molecule has 0 amide bonds. The van der Waals surface area contributed by atoms with Crippen LogP contribution in [0, 0.1) is 0 Å². The first-order chi connectivity index (χ1) is 9.79. The maximum absolute atomic E-state index is 6.34. The standard InChI is InChI=1S/C15H16N4O/c1-2-20-12-7-11(8-17-9-12)15(16)13-10-18-19-6-4-3-5-14(13)19/h3-10,15H,2,16H2,1H3. The second-order valence-electron chi connectivity index (χ2n) is 4.50. The molecule has 1 unspecified atom stereocenters. The van der Waals surface area contributed by atoms with Crippen molar-refractivity contribution in [1.82, 2.24) is 14.6 Å². The highest BCUT2D eigenvalue weighted by molar-refractivity contribution is 5.57. The van der Waals surface area contributed by atoms with Gasteiger partial charge in [0.1, 0.15) is 5.75 Å². The van der Waals surface area contributed by atoms with Crippen molar-refractivity contribution in [2.75, 3.05) is 6.61 Å². The Kier molecular flexibility index (Phi) is 3.35. The van der Waals surface area contributed by atoms with Gasteiger partial charge in [-0.2, -0.15) is 5.10 Å². The molecule has 3 rings (SSSR count). The fourth-order valence-electron chi connectivity index (χ4n) is 2.22. The van der Waals surface area contributed by atoms with Crippen LogP contribution in [-0.2, 0) is 0 Å². The molecule has 5 heteroatoms. The molecular weight excluding hydrogens is 252 g/mol. The third-order valence-electron chi connectivity index (χ3n) is 3.20. The molecule has 0 radical (unpaired) electrons. The van der Waals surface area contributed by atoms with E-state index in [-0.39, 0.29) is 6.04 Å². The van der Waals surface area contributed by atoms with Gasteiger partial charge in [-0.05, 0) is 30.7 Å². The number of hydrogen-bond acceptors (Lipinski definition) is 4. The minimum absolute atomic E-state index is 0.275. The van der Waals surface area contributed by atoms with Crippen molar-refractivity contribution < 1.29 is 4.74 Å². The van der Waals surface area contributed by atoms with Crippen LogP contribution in [0.25, 0.3) is 5.52 Å². The topological polar surface area (TPSA) is 65.4 Å². The molecule has 0 aliphatic rings. The Morgan fingerprint density at radius 1 is 1.30 bits per heavy atom. The van der Waals surface area contributed by atoms with Gasteiger partial charge in [-0.15, -0.1) is 0 Å². The average Bonchev–Trinajstić information content (AvgIpc) is 2.91. The zero-order valence-electron chi connectivity index (χ0n) is 11.2. The summed E-state index contributed by atoms with van der Waals surface area (Å²) in [6.45, 7) is 2.55. The van der Waals surface area contributed by atoms with Gasteiger partial charge in [-0.3, -0.25) is 4.98 Å². The molecule has 0 aliphatic carbocycles. The molecule has 20 heavy (non-hydrogen) atoms. The molecule has 1 atom stereocenters. The van der Waals surface area contributed by atoms with E-state index in [1.165, 1.54) is 0 Å². The quantitative estimate of drug-likeness (QED) is 0.787. The maximum atomic E-state index is 6.34. The number of aromatic nitrogens is 3. The Bertz CT molecular complexity index is 722. The second-order valence-corrected chi connectivity index (χ2v) is 4.50. The van der Waals surface area contributed by atoms with Crippen LogP contribution in [-0.4, -0.2) is 21.2 Å². The molecule has 0 saturated heterocycles. The van der Waals surface area contributed by atoms with E-state index in [9.17, 15) is 0 Å². The van der Waals surface area contributed by atoms with Crippen LogP contribution in [0.1, 0.15) is 24.1 Å². The third kappa shape index (κ3) is 2.23. The highest BCUT2D eigenvalue weighted by Gasteiger charge is 2.15. The number of hydrogen-bond donors (Lipinski definition) is 1. The summed E-state index contributed by atoms with van der Waals surface area (Å²) in [6, 6.07) is 7.56. The molecular formula is C15H16N4O. The number of nitrogens with two attached hydrogens (primary N) is 1. The van der Waals surface area contributed by atoms with Crippen molar-refractivity contribution in [2.24, 2.45) is 5.73 Å². The van der Waals surface area contributed by atoms with E-state index < -0.39 is 0 Å². The number of ether oxygens (including phenoxy) is 1. The SMILES string of the molecule is CCOc1cncc(C(N)c2cnn3ccccc23)c1. The highest BCUT2D eigenvalue weighted by atomic mass is 16.5. The van der Waals surface area contributed by atoms with E-state index in [1.807, 2.05) is 41.9 Å². The Labute approximate surface area is 117 Å². The zero-order chi connectivity index (χ0) is 13.9. The van der Waals surface area contributed by atoms with Crippen LogP contribution >= 0.6 is 0 Å². The summed E-state index contributed by atoms with van der Waals surface area (Å²) in [7, 11) is 0. The molecule has 0 fully saturated rings. The summed E-state index contributed by atoms with van der Waals surface area (Å²) in [5.74, 6) is 0.733. The lowest BCUT2D eigenvalue weighted by atomic mass is 10.0. The Morgan fingerprint density at radius 2 is 2.20 bits per heavy atom. The summed E-state index contributed by atoms with van der Waals surface area (Å²) >= 11 is 0. The lowest BCUT2D eigenvalue weighted by Gasteiger charge is -2.12. The van der Waals surface area contributed by atoms with Gasteiger partial charge in [0.2, 0.25) is 0 Å². The molecule has 0 saturated carbocycles. The summed E-state index contributed by atoms with van der Waals surface area (Å²) < 4.78 is 7.28. The van der Waals surface area contributed by atoms with Crippen LogP contribution in [0.2, 0.25) is 0 Å². The van der Waals surface area contributed by atoms with Crippen LogP contribution in [0.4, 0.5) is 0 Å². The minimum Gasteiger partial charge on any atom is -0.492 e. The monoisotopic (exact) mass is 268 g/mol. The van der Waals surface area contributed by atoms with Crippen molar-refractivity contribution in [3.63, 3.8) is 0 Å². The lowest BCUT2D eigenvalue weighted by Crippen LogP contribution is -2.12. The van der Waals surface area contributed by atoms with E-state index in [4.69, 9.17) is 10.5 Å². The van der Waals surface area contributed by atoms with Gasteiger partial charge in [-0.25, -0.2) is 4.52 Å². The van der Waals surface area contributed by atoms with Gasteiger partial charge in [0.15, 0.2) is 0 Å². The summed E-state index contributed by atoms with van der Waals surface area (Å²) in [6.07, 6.45) is 7.16. The first-order valence-electron chi connectivity index (χ1n) is 6.55. The number of rotatable bonds is 4. The van der Waals surface area contributed by atoms with Gasteiger partial charge in [0.25, 0.3) is 0 Å². The van der Waals surface area contributed by atoms with Crippen molar-refractivity contribution in [3.05, 3.63) is 60.2 Å². The molecule has 0 bridgehead atoms. The molecule has 3 heterocycles. The highest BCUT2D eigenvalue weighted by Crippen LogP contribution is 2.25. The van der Waals surface area contributed by atoms with Crippen molar-refractivity contribution in [3.8, 4) is 5.75 Å². The largest absolute Gasteiger partial charge is 0.492 e. The average molecular weight is 268 g/mol. The lowest BCUT2D eigenvalue weighted by molar-refractivity contribution is 0.338. The Morgan fingerprint density at radius 3 is 3.05 bits per heavy atom. The Balaban J connectivity index is 1.99.